The minimum absolute atomic E-state index is 0.126. The molecule has 8 heteroatoms. The van der Waals surface area contributed by atoms with Gasteiger partial charge in [0, 0.05) is 36.1 Å². The molecule has 36 heavy (non-hydrogen) atoms. The standard InChI is InChI=1S/C28H35N3O4S/c1-21-10-5-6-14-24(21)28(33)30-26-16-8-7-15-25(26)29-27(32)23-13-9-18-31(20-23)36(34,35)19-17-22-11-3-2-4-12-22/h2-6,10-12,14,17,19,23,25-26H,7-9,13,15-16,18,20H2,1H3,(H,29,32)(H,30,33)/b19-17+/t23-,25+,26+/m0/s1. The molecule has 192 valence electrons. The fraction of sp³-hybridized carbons (Fsp3) is 0.429. The lowest BCUT2D eigenvalue weighted by Crippen LogP contribution is -2.55. The number of piperidine rings is 1. The summed E-state index contributed by atoms with van der Waals surface area (Å²) in [6, 6.07) is 16.4. The van der Waals surface area contributed by atoms with Crippen molar-refractivity contribution < 1.29 is 18.0 Å². The number of sulfonamides is 1. The van der Waals surface area contributed by atoms with Gasteiger partial charge in [-0.05, 0) is 55.9 Å². The van der Waals surface area contributed by atoms with Crippen molar-refractivity contribution in [2.75, 3.05) is 13.1 Å². The van der Waals surface area contributed by atoms with Gasteiger partial charge in [-0.3, -0.25) is 9.59 Å². The molecule has 0 radical (unpaired) electrons. The van der Waals surface area contributed by atoms with Gasteiger partial charge in [-0.15, -0.1) is 0 Å². The smallest absolute Gasteiger partial charge is 0.251 e. The highest BCUT2D eigenvalue weighted by molar-refractivity contribution is 7.92. The third kappa shape index (κ3) is 6.62. The van der Waals surface area contributed by atoms with Crippen molar-refractivity contribution in [2.24, 2.45) is 5.92 Å². The fourth-order valence-electron chi connectivity index (χ4n) is 5.05. The first-order valence-electron chi connectivity index (χ1n) is 12.7. The molecule has 3 atom stereocenters. The second kappa shape index (κ2) is 11.8. The molecule has 0 aromatic heterocycles. The summed E-state index contributed by atoms with van der Waals surface area (Å²) < 4.78 is 27.2. The first-order chi connectivity index (χ1) is 17.3. The minimum atomic E-state index is -3.63. The molecule has 7 nitrogen and oxygen atoms in total. The second-order valence-electron chi connectivity index (χ2n) is 9.75. The van der Waals surface area contributed by atoms with E-state index in [0.717, 1.165) is 36.8 Å². The van der Waals surface area contributed by atoms with Gasteiger partial charge in [-0.2, -0.15) is 4.31 Å². The van der Waals surface area contributed by atoms with Gasteiger partial charge in [0.1, 0.15) is 0 Å². The highest BCUT2D eigenvalue weighted by atomic mass is 32.2. The molecular weight excluding hydrogens is 474 g/mol. The number of aryl methyl sites for hydroxylation is 1. The largest absolute Gasteiger partial charge is 0.351 e. The molecule has 1 aliphatic heterocycles. The molecule has 1 heterocycles. The lowest BCUT2D eigenvalue weighted by atomic mass is 9.89. The van der Waals surface area contributed by atoms with Crippen LogP contribution in [0.4, 0.5) is 0 Å². The van der Waals surface area contributed by atoms with Crippen LogP contribution in [0.15, 0.2) is 60.0 Å². The number of hydrogen-bond donors (Lipinski definition) is 2. The zero-order valence-corrected chi connectivity index (χ0v) is 21.5. The summed E-state index contributed by atoms with van der Waals surface area (Å²) in [4.78, 5) is 26.1. The van der Waals surface area contributed by atoms with E-state index in [-0.39, 0.29) is 30.4 Å². The average molecular weight is 510 g/mol. The predicted molar refractivity (Wildman–Crippen MR) is 142 cm³/mol. The van der Waals surface area contributed by atoms with Crippen LogP contribution in [0, 0.1) is 12.8 Å². The van der Waals surface area contributed by atoms with Crippen LogP contribution in [0.3, 0.4) is 0 Å². The predicted octanol–water partition coefficient (Wildman–Crippen LogP) is 3.86. The van der Waals surface area contributed by atoms with Crippen molar-refractivity contribution in [3.63, 3.8) is 0 Å². The summed E-state index contributed by atoms with van der Waals surface area (Å²) in [7, 11) is -3.63. The molecule has 0 unspecified atom stereocenters. The van der Waals surface area contributed by atoms with Crippen molar-refractivity contribution in [3.8, 4) is 0 Å². The Bertz CT molecular complexity index is 1200. The molecule has 0 bridgehead atoms. The number of carbonyl (C=O) groups is 2. The zero-order valence-electron chi connectivity index (χ0n) is 20.7. The topological polar surface area (TPSA) is 95.6 Å². The molecule has 1 saturated heterocycles. The van der Waals surface area contributed by atoms with Crippen LogP contribution >= 0.6 is 0 Å². The van der Waals surface area contributed by atoms with Crippen molar-refractivity contribution in [1.82, 2.24) is 14.9 Å². The molecule has 0 spiro atoms. The van der Waals surface area contributed by atoms with Gasteiger partial charge in [-0.1, -0.05) is 61.4 Å². The van der Waals surface area contributed by atoms with Crippen molar-refractivity contribution in [1.29, 1.82) is 0 Å². The molecule has 1 saturated carbocycles. The van der Waals surface area contributed by atoms with Crippen molar-refractivity contribution in [3.05, 3.63) is 76.7 Å². The Balaban J connectivity index is 1.37. The van der Waals surface area contributed by atoms with Gasteiger partial charge in [0.05, 0.1) is 5.92 Å². The maximum absolute atomic E-state index is 13.2. The van der Waals surface area contributed by atoms with Crippen LogP contribution in [-0.4, -0.2) is 49.7 Å². The quantitative estimate of drug-likeness (QED) is 0.592. The molecule has 4 rings (SSSR count). The van der Waals surface area contributed by atoms with Gasteiger partial charge < -0.3 is 10.6 Å². The minimum Gasteiger partial charge on any atom is -0.351 e. The van der Waals surface area contributed by atoms with Crippen LogP contribution in [0.25, 0.3) is 6.08 Å². The summed E-state index contributed by atoms with van der Waals surface area (Å²) >= 11 is 0. The molecule has 2 amide bonds. The Labute approximate surface area is 214 Å². The van der Waals surface area contributed by atoms with Crippen LogP contribution in [0.2, 0.25) is 0 Å². The van der Waals surface area contributed by atoms with E-state index < -0.39 is 15.9 Å². The number of benzene rings is 2. The summed E-state index contributed by atoms with van der Waals surface area (Å²) in [6.45, 7) is 2.48. The third-order valence-corrected chi connectivity index (χ3v) is 8.68. The van der Waals surface area contributed by atoms with Gasteiger partial charge >= 0.3 is 0 Å². The van der Waals surface area contributed by atoms with Crippen LogP contribution in [0.1, 0.15) is 60.0 Å². The van der Waals surface area contributed by atoms with E-state index in [4.69, 9.17) is 0 Å². The number of nitrogens with zero attached hydrogens (tertiary/aromatic N) is 1. The average Bonchev–Trinajstić information content (AvgIpc) is 2.89. The normalized spacial score (nSPS) is 23.3. The number of hydrogen-bond acceptors (Lipinski definition) is 4. The highest BCUT2D eigenvalue weighted by Gasteiger charge is 2.34. The third-order valence-electron chi connectivity index (χ3n) is 7.15. The molecule has 2 N–H and O–H groups in total. The summed E-state index contributed by atoms with van der Waals surface area (Å²) in [5.41, 5.74) is 2.37. The van der Waals surface area contributed by atoms with Crippen LogP contribution in [0.5, 0.6) is 0 Å². The van der Waals surface area contributed by atoms with E-state index in [0.29, 0.717) is 24.9 Å². The Morgan fingerprint density at radius 2 is 1.56 bits per heavy atom. The van der Waals surface area contributed by atoms with Gasteiger partial charge in [-0.25, -0.2) is 8.42 Å². The molecule has 2 aromatic rings. The number of carbonyl (C=O) groups excluding carboxylic acids is 2. The van der Waals surface area contributed by atoms with Gasteiger partial charge in [0.15, 0.2) is 0 Å². The number of nitrogens with one attached hydrogen (secondary N) is 2. The summed E-state index contributed by atoms with van der Waals surface area (Å²) in [5, 5.41) is 7.50. The summed E-state index contributed by atoms with van der Waals surface area (Å²) in [6.07, 6.45) is 6.44. The monoisotopic (exact) mass is 509 g/mol. The van der Waals surface area contributed by atoms with Gasteiger partial charge in [0.25, 0.3) is 5.91 Å². The van der Waals surface area contributed by atoms with Gasteiger partial charge in [0.2, 0.25) is 15.9 Å². The van der Waals surface area contributed by atoms with Crippen molar-refractivity contribution >= 4 is 27.9 Å². The molecule has 2 aromatic carbocycles. The van der Waals surface area contributed by atoms with E-state index in [1.54, 1.807) is 6.08 Å². The molecule has 2 aliphatic rings. The lowest BCUT2D eigenvalue weighted by Gasteiger charge is -2.35. The Morgan fingerprint density at radius 3 is 2.28 bits per heavy atom. The van der Waals surface area contributed by atoms with E-state index in [1.165, 1.54) is 9.71 Å². The number of amides is 2. The van der Waals surface area contributed by atoms with E-state index in [9.17, 15) is 18.0 Å². The zero-order chi connectivity index (χ0) is 25.5. The number of rotatable bonds is 7. The highest BCUT2D eigenvalue weighted by Crippen LogP contribution is 2.24. The maximum Gasteiger partial charge on any atom is 0.251 e. The van der Waals surface area contributed by atoms with E-state index in [2.05, 4.69) is 10.6 Å². The Kier molecular flexibility index (Phi) is 8.59. The maximum atomic E-state index is 13.2. The van der Waals surface area contributed by atoms with Crippen molar-refractivity contribution in [2.45, 2.75) is 57.5 Å². The van der Waals surface area contributed by atoms with E-state index in [1.807, 2.05) is 61.5 Å². The molecule has 1 aliphatic carbocycles. The first-order valence-corrected chi connectivity index (χ1v) is 14.2. The Morgan fingerprint density at radius 1 is 0.889 bits per heavy atom. The van der Waals surface area contributed by atoms with Crippen LogP contribution < -0.4 is 10.6 Å². The molecular formula is C28H35N3O4S. The first kappa shape index (κ1) is 26.1. The Hall–Kier alpha value is -2.97. The van der Waals surface area contributed by atoms with Crippen LogP contribution in [-0.2, 0) is 14.8 Å². The second-order valence-corrected chi connectivity index (χ2v) is 11.6. The summed E-state index contributed by atoms with van der Waals surface area (Å²) in [5.74, 6) is -0.670. The molecule has 2 fully saturated rings. The van der Waals surface area contributed by atoms with E-state index >= 15 is 0 Å². The lowest BCUT2D eigenvalue weighted by molar-refractivity contribution is -0.127. The SMILES string of the molecule is Cc1ccccc1C(=O)N[C@@H]1CCCC[C@H]1NC(=O)[C@H]1CCCN(S(=O)(=O)/C=C/c2ccccc2)C1. The fourth-order valence-corrected chi connectivity index (χ4v) is 6.33.